The number of phenols is 1. The van der Waals surface area contributed by atoms with E-state index in [-0.39, 0.29) is 11.3 Å². The van der Waals surface area contributed by atoms with Crippen LogP contribution in [0, 0.1) is 0 Å². The van der Waals surface area contributed by atoms with Crippen molar-refractivity contribution in [2.24, 2.45) is 5.73 Å². The number of nitrogens with two attached hydrogens (primary N) is 1. The number of rotatable bonds is 4. The highest BCUT2D eigenvalue weighted by atomic mass is 16.3. The molecule has 0 bridgehead atoms. The molecule has 1 aromatic carbocycles. The van der Waals surface area contributed by atoms with Gasteiger partial charge in [0.2, 0.25) is 0 Å². The van der Waals surface area contributed by atoms with Crippen LogP contribution in [0.3, 0.4) is 0 Å². The third-order valence-electron chi connectivity index (χ3n) is 2.97. The highest BCUT2D eigenvalue weighted by molar-refractivity contribution is 6.01. The topological polar surface area (TPSA) is 79.5 Å². The van der Waals surface area contributed by atoms with E-state index in [4.69, 9.17) is 5.73 Å². The second kappa shape index (κ2) is 5.24. The minimum Gasteiger partial charge on any atom is -0.505 e. The van der Waals surface area contributed by atoms with E-state index in [0.717, 1.165) is 24.0 Å². The Morgan fingerprint density at radius 3 is 2.63 bits per heavy atom. The van der Waals surface area contributed by atoms with E-state index >= 15 is 0 Å². The first-order chi connectivity index (χ1) is 8.99. The number of primary amides is 1. The summed E-state index contributed by atoms with van der Waals surface area (Å²) < 4.78 is 0. The summed E-state index contributed by atoms with van der Waals surface area (Å²) in [4.78, 5) is 17.7. The molecule has 100 valence electrons. The number of nitrogens with zero attached hydrogens (tertiary/aromatic N) is 2. The number of aromatic hydroxyl groups is 1. The van der Waals surface area contributed by atoms with Gasteiger partial charge in [0, 0.05) is 24.0 Å². The second-order valence-electron chi connectivity index (χ2n) is 4.75. The van der Waals surface area contributed by atoms with Gasteiger partial charge in [0.05, 0.1) is 5.56 Å². The van der Waals surface area contributed by atoms with Gasteiger partial charge in [-0.05, 0) is 26.2 Å². The fourth-order valence-corrected chi connectivity index (χ4v) is 1.89. The third-order valence-corrected chi connectivity index (χ3v) is 2.97. The van der Waals surface area contributed by atoms with Crippen molar-refractivity contribution in [2.75, 3.05) is 20.6 Å². The van der Waals surface area contributed by atoms with Crippen molar-refractivity contribution >= 4 is 16.8 Å². The SMILES string of the molecule is CN(C)CCc1ccc2ccc(C(N)=O)c(O)c2n1. The average Bonchev–Trinajstić information content (AvgIpc) is 2.36. The van der Waals surface area contributed by atoms with Crippen LogP contribution in [0.1, 0.15) is 16.1 Å². The van der Waals surface area contributed by atoms with E-state index in [2.05, 4.69) is 9.88 Å². The Kier molecular flexibility index (Phi) is 3.66. The lowest BCUT2D eigenvalue weighted by atomic mass is 10.1. The Bertz CT molecular complexity index is 623. The van der Waals surface area contributed by atoms with Crippen LogP contribution < -0.4 is 5.73 Å². The van der Waals surface area contributed by atoms with Crippen molar-refractivity contribution in [3.8, 4) is 5.75 Å². The van der Waals surface area contributed by atoms with Gasteiger partial charge in [-0.2, -0.15) is 0 Å². The molecule has 0 saturated heterocycles. The maximum Gasteiger partial charge on any atom is 0.252 e. The van der Waals surface area contributed by atoms with Crippen molar-refractivity contribution in [1.29, 1.82) is 0 Å². The zero-order valence-electron chi connectivity index (χ0n) is 11.1. The number of hydrogen-bond donors (Lipinski definition) is 2. The van der Waals surface area contributed by atoms with Crippen LogP contribution in [0.4, 0.5) is 0 Å². The molecular weight excluding hydrogens is 242 g/mol. The number of pyridine rings is 1. The molecule has 0 aliphatic carbocycles. The van der Waals surface area contributed by atoms with Gasteiger partial charge in [0.1, 0.15) is 5.52 Å². The molecule has 0 radical (unpaired) electrons. The molecule has 1 amide bonds. The molecule has 5 nitrogen and oxygen atoms in total. The van der Waals surface area contributed by atoms with E-state index in [0.29, 0.717) is 5.52 Å². The molecule has 0 aliphatic heterocycles. The molecule has 0 aliphatic rings. The van der Waals surface area contributed by atoms with Crippen LogP contribution in [0.2, 0.25) is 0 Å². The summed E-state index contributed by atoms with van der Waals surface area (Å²) in [5, 5.41) is 10.8. The number of carbonyl (C=O) groups excluding carboxylic acids is 1. The van der Waals surface area contributed by atoms with Crippen molar-refractivity contribution in [1.82, 2.24) is 9.88 Å². The van der Waals surface area contributed by atoms with Gasteiger partial charge in [-0.3, -0.25) is 4.79 Å². The van der Waals surface area contributed by atoms with Crippen molar-refractivity contribution in [3.63, 3.8) is 0 Å². The second-order valence-corrected chi connectivity index (χ2v) is 4.75. The first kappa shape index (κ1) is 13.3. The van der Waals surface area contributed by atoms with Crippen molar-refractivity contribution in [3.05, 3.63) is 35.5 Å². The highest BCUT2D eigenvalue weighted by Gasteiger charge is 2.12. The van der Waals surface area contributed by atoms with Crippen molar-refractivity contribution < 1.29 is 9.90 Å². The molecule has 3 N–H and O–H groups in total. The fraction of sp³-hybridized carbons (Fsp3) is 0.286. The zero-order valence-corrected chi connectivity index (χ0v) is 11.1. The molecule has 0 unspecified atom stereocenters. The van der Waals surface area contributed by atoms with E-state index in [9.17, 15) is 9.90 Å². The molecule has 0 atom stereocenters. The molecule has 0 spiro atoms. The predicted octanol–water partition coefficient (Wildman–Crippen LogP) is 1.14. The van der Waals surface area contributed by atoms with Crippen molar-refractivity contribution in [2.45, 2.75) is 6.42 Å². The number of likely N-dealkylation sites (N-methyl/N-ethyl adjacent to an activating group) is 1. The fourth-order valence-electron chi connectivity index (χ4n) is 1.89. The van der Waals surface area contributed by atoms with E-state index in [1.807, 2.05) is 26.2 Å². The van der Waals surface area contributed by atoms with E-state index in [1.54, 1.807) is 6.07 Å². The molecule has 5 heteroatoms. The van der Waals surface area contributed by atoms with Crippen LogP contribution >= 0.6 is 0 Å². The molecule has 19 heavy (non-hydrogen) atoms. The van der Waals surface area contributed by atoms with Crippen LogP contribution in [-0.2, 0) is 6.42 Å². The lowest BCUT2D eigenvalue weighted by molar-refractivity contribution is 0.0998. The summed E-state index contributed by atoms with van der Waals surface area (Å²) in [6, 6.07) is 7.06. The smallest absolute Gasteiger partial charge is 0.252 e. The van der Waals surface area contributed by atoms with Gasteiger partial charge >= 0.3 is 0 Å². The summed E-state index contributed by atoms with van der Waals surface area (Å²) in [7, 11) is 3.98. The van der Waals surface area contributed by atoms with Crippen LogP contribution in [-0.4, -0.2) is 41.5 Å². The maximum absolute atomic E-state index is 11.2. The summed E-state index contributed by atoms with van der Waals surface area (Å²) in [6.07, 6.45) is 0.781. The predicted molar refractivity (Wildman–Crippen MR) is 74.2 cm³/mol. The minimum atomic E-state index is -0.653. The minimum absolute atomic E-state index is 0.102. The van der Waals surface area contributed by atoms with Crippen LogP contribution in [0.15, 0.2) is 24.3 Å². The molecule has 2 rings (SSSR count). The number of amides is 1. The Morgan fingerprint density at radius 1 is 1.32 bits per heavy atom. The molecule has 2 aromatic rings. The third kappa shape index (κ3) is 2.82. The maximum atomic E-state index is 11.2. The normalized spacial score (nSPS) is 11.1. The van der Waals surface area contributed by atoms with Gasteiger partial charge in [-0.15, -0.1) is 0 Å². The van der Waals surface area contributed by atoms with Gasteiger partial charge in [0.15, 0.2) is 5.75 Å². The first-order valence-electron chi connectivity index (χ1n) is 6.05. The van der Waals surface area contributed by atoms with Crippen LogP contribution in [0.25, 0.3) is 10.9 Å². The Hall–Kier alpha value is -2.14. The molecule has 0 saturated carbocycles. The Labute approximate surface area is 111 Å². The molecular formula is C14H17N3O2. The number of benzene rings is 1. The monoisotopic (exact) mass is 259 g/mol. The molecule has 0 fully saturated rings. The lowest BCUT2D eigenvalue weighted by Crippen LogP contribution is -2.15. The van der Waals surface area contributed by atoms with Gasteiger partial charge < -0.3 is 15.7 Å². The first-order valence-corrected chi connectivity index (χ1v) is 6.05. The number of hydrogen-bond acceptors (Lipinski definition) is 4. The van der Waals surface area contributed by atoms with E-state index < -0.39 is 5.91 Å². The lowest BCUT2D eigenvalue weighted by Gasteiger charge is -2.10. The number of fused-ring (bicyclic) bond motifs is 1. The standard InChI is InChI=1S/C14H17N3O2/c1-17(2)8-7-10-5-3-9-4-6-11(14(15)19)13(18)12(9)16-10/h3-6,18H,7-8H2,1-2H3,(H2,15,19). The Balaban J connectivity index is 2.45. The molecule has 1 heterocycles. The number of aromatic nitrogens is 1. The highest BCUT2D eigenvalue weighted by Crippen LogP contribution is 2.27. The average molecular weight is 259 g/mol. The zero-order chi connectivity index (χ0) is 14.0. The van der Waals surface area contributed by atoms with Gasteiger partial charge in [-0.1, -0.05) is 12.1 Å². The molecule has 1 aromatic heterocycles. The van der Waals surface area contributed by atoms with E-state index in [1.165, 1.54) is 6.07 Å². The number of carbonyl (C=O) groups is 1. The van der Waals surface area contributed by atoms with Crippen LogP contribution in [0.5, 0.6) is 5.75 Å². The quantitative estimate of drug-likeness (QED) is 0.863. The summed E-state index contributed by atoms with van der Waals surface area (Å²) in [5.74, 6) is -0.795. The summed E-state index contributed by atoms with van der Waals surface area (Å²) in [6.45, 7) is 0.870. The Morgan fingerprint density at radius 2 is 2.00 bits per heavy atom. The largest absolute Gasteiger partial charge is 0.505 e. The van der Waals surface area contributed by atoms with Gasteiger partial charge in [0.25, 0.3) is 5.91 Å². The summed E-state index contributed by atoms with van der Waals surface area (Å²) >= 11 is 0. The summed E-state index contributed by atoms with van der Waals surface area (Å²) in [5.41, 5.74) is 6.61. The van der Waals surface area contributed by atoms with Gasteiger partial charge in [-0.25, -0.2) is 4.98 Å².